The highest BCUT2D eigenvalue weighted by Crippen LogP contribution is 2.24. The van der Waals surface area contributed by atoms with Crippen molar-refractivity contribution in [1.29, 1.82) is 0 Å². The minimum atomic E-state index is -0.360. The highest BCUT2D eigenvalue weighted by Gasteiger charge is 2.15. The van der Waals surface area contributed by atoms with Gasteiger partial charge >= 0.3 is 0 Å². The van der Waals surface area contributed by atoms with Crippen LogP contribution in [0.15, 0.2) is 59.8 Å². The number of benzene rings is 2. The molecule has 0 saturated carbocycles. The van der Waals surface area contributed by atoms with E-state index in [2.05, 4.69) is 15.5 Å². The molecule has 6 nitrogen and oxygen atoms in total. The molecule has 3 aromatic rings. The number of thioether (sulfide) groups is 1. The molecule has 1 N–H and O–H groups in total. The molecule has 0 aliphatic carbocycles. The van der Waals surface area contributed by atoms with Gasteiger partial charge in [-0.2, -0.15) is 0 Å². The molecule has 1 amide bonds. The highest BCUT2D eigenvalue weighted by molar-refractivity contribution is 7.99. The largest absolute Gasteiger partial charge is 0.492 e. The number of para-hydroxylation sites is 1. The second-order valence-electron chi connectivity index (χ2n) is 5.65. The Labute approximate surface area is 160 Å². The van der Waals surface area contributed by atoms with E-state index in [1.807, 2.05) is 30.3 Å². The van der Waals surface area contributed by atoms with E-state index in [4.69, 9.17) is 4.74 Å². The number of amides is 1. The molecule has 2 aromatic carbocycles. The minimum Gasteiger partial charge on any atom is -0.492 e. The Hall–Kier alpha value is -2.87. The summed E-state index contributed by atoms with van der Waals surface area (Å²) in [6, 6.07) is 15.8. The predicted molar refractivity (Wildman–Crippen MR) is 102 cm³/mol. The molecule has 0 radical (unpaired) electrons. The van der Waals surface area contributed by atoms with Crippen LogP contribution >= 0.6 is 11.8 Å². The summed E-state index contributed by atoms with van der Waals surface area (Å²) < 4.78 is 21.1. The van der Waals surface area contributed by atoms with Crippen molar-refractivity contribution in [3.05, 3.63) is 60.4 Å². The van der Waals surface area contributed by atoms with Crippen LogP contribution in [0.3, 0.4) is 0 Å². The molecule has 140 valence electrons. The zero-order valence-corrected chi connectivity index (χ0v) is 15.6. The van der Waals surface area contributed by atoms with Crippen LogP contribution in [0.4, 0.5) is 4.39 Å². The van der Waals surface area contributed by atoms with E-state index < -0.39 is 0 Å². The van der Waals surface area contributed by atoms with Crippen molar-refractivity contribution in [3.63, 3.8) is 0 Å². The number of nitrogens with zero attached hydrogens (tertiary/aromatic N) is 3. The molecule has 0 fully saturated rings. The van der Waals surface area contributed by atoms with Crippen LogP contribution in [-0.2, 0) is 11.8 Å². The van der Waals surface area contributed by atoms with E-state index in [-0.39, 0.29) is 17.5 Å². The molecule has 0 atom stereocenters. The van der Waals surface area contributed by atoms with Crippen LogP contribution in [0.1, 0.15) is 0 Å². The van der Waals surface area contributed by atoms with E-state index >= 15 is 0 Å². The Morgan fingerprint density at radius 2 is 1.89 bits per heavy atom. The van der Waals surface area contributed by atoms with Gasteiger partial charge in [0.2, 0.25) is 5.91 Å². The van der Waals surface area contributed by atoms with Crippen molar-refractivity contribution in [1.82, 2.24) is 20.1 Å². The topological polar surface area (TPSA) is 69.0 Å². The van der Waals surface area contributed by atoms with Crippen LogP contribution in [-0.4, -0.2) is 39.6 Å². The first-order valence-electron chi connectivity index (χ1n) is 8.37. The summed E-state index contributed by atoms with van der Waals surface area (Å²) in [6.07, 6.45) is 0. The van der Waals surface area contributed by atoms with Gasteiger partial charge in [0.25, 0.3) is 0 Å². The molecule has 0 bridgehead atoms. The summed E-state index contributed by atoms with van der Waals surface area (Å²) in [7, 11) is 1.75. The van der Waals surface area contributed by atoms with Crippen molar-refractivity contribution >= 4 is 17.7 Å². The van der Waals surface area contributed by atoms with Gasteiger partial charge in [-0.1, -0.05) is 42.1 Å². The number of halogens is 1. The first kappa shape index (κ1) is 18.9. The summed E-state index contributed by atoms with van der Waals surface area (Å²) in [5, 5.41) is 11.4. The molecule has 1 heterocycles. The molecule has 27 heavy (non-hydrogen) atoms. The lowest BCUT2D eigenvalue weighted by molar-refractivity contribution is -0.118. The Bertz CT molecular complexity index is 902. The molecule has 8 heteroatoms. The average molecular weight is 386 g/mol. The monoisotopic (exact) mass is 386 g/mol. The van der Waals surface area contributed by atoms with Crippen LogP contribution in [0.25, 0.3) is 11.4 Å². The lowest BCUT2D eigenvalue weighted by Crippen LogP contribution is -2.29. The number of nitrogens with one attached hydrogen (secondary N) is 1. The third kappa shape index (κ3) is 5.07. The van der Waals surface area contributed by atoms with Gasteiger partial charge in [-0.25, -0.2) is 4.39 Å². The normalized spacial score (nSPS) is 10.6. The Morgan fingerprint density at radius 1 is 1.15 bits per heavy atom. The second kappa shape index (κ2) is 9.18. The molecule has 0 aliphatic rings. The molecule has 3 rings (SSSR count). The van der Waals surface area contributed by atoms with Gasteiger partial charge in [0.15, 0.2) is 11.0 Å². The number of ether oxygens (including phenoxy) is 1. The van der Waals surface area contributed by atoms with Crippen molar-refractivity contribution < 1.29 is 13.9 Å². The summed E-state index contributed by atoms with van der Waals surface area (Å²) >= 11 is 1.24. The van der Waals surface area contributed by atoms with Gasteiger partial charge in [-0.05, 0) is 24.3 Å². The number of hydrogen-bond donors (Lipinski definition) is 1. The van der Waals surface area contributed by atoms with E-state index in [0.717, 1.165) is 5.75 Å². The van der Waals surface area contributed by atoms with Crippen molar-refractivity contribution in [2.24, 2.45) is 7.05 Å². The summed E-state index contributed by atoms with van der Waals surface area (Å²) in [6.45, 7) is 0.801. The number of carbonyl (C=O) groups is 1. The van der Waals surface area contributed by atoms with Crippen LogP contribution < -0.4 is 10.1 Å². The third-order valence-corrected chi connectivity index (χ3v) is 4.74. The fraction of sp³-hybridized carbons (Fsp3) is 0.211. The van der Waals surface area contributed by atoms with Crippen LogP contribution in [0.2, 0.25) is 0 Å². The van der Waals surface area contributed by atoms with E-state index in [0.29, 0.717) is 29.7 Å². The van der Waals surface area contributed by atoms with Crippen molar-refractivity contribution in [3.8, 4) is 17.1 Å². The number of carbonyl (C=O) groups excluding carboxylic acids is 1. The number of rotatable bonds is 8. The standard InChI is InChI=1S/C19H19FN4O2S/c1-24-18(15-9-5-6-10-16(15)20)22-23-19(24)27-13-17(25)21-11-12-26-14-7-3-2-4-8-14/h2-10H,11-13H2,1H3,(H,21,25). The SMILES string of the molecule is Cn1c(SCC(=O)NCCOc2ccccc2)nnc1-c1ccccc1F. The maximum absolute atomic E-state index is 13.9. The highest BCUT2D eigenvalue weighted by atomic mass is 32.2. The molecule has 1 aromatic heterocycles. The molecule has 0 saturated heterocycles. The fourth-order valence-corrected chi connectivity index (χ4v) is 3.12. The maximum Gasteiger partial charge on any atom is 0.230 e. The lowest BCUT2D eigenvalue weighted by Gasteiger charge is -2.07. The quantitative estimate of drug-likeness (QED) is 0.476. The molecular formula is C19H19FN4O2S. The molecule has 0 unspecified atom stereocenters. The van der Waals surface area contributed by atoms with Crippen molar-refractivity contribution in [2.75, 3.05) is 18.9 Å². The third-order valence-electron chi connectivity index (χ3n) is 3.72. The predicted octanol–water partition coefficient (Wildman–Crippen LogP) is 2.91. The second-order valence-corrected chi connectivity index (χ2v) is 6.59. The lowest BCUT2D eigenvalue weighted by atomic mass is 10.2. The molecular weight excluding hydrogens is 367 g/mol. The van der Waals surface area contributed by atoms with Gasteiger partial charge < -0.3 is 14.6 Å². The molecule has 0 aliphatic heterocycles. The molecule has 0 spiro atoms. The smallest absolute Gasteiger partial charge is 0.230 e. The number of hydrogen-bond acceptors (Lipinski definition) is 5. The van der Waals surface area contributed by atoms with E-state index in [9.17, 15) is 9.18 Å². The van der Waals surface area contributed by atoms with Crippen LogP contribution in [0, 0.1) is 5.82 Å². The van der Waals surface area contributed by atoms with Gasteiger partial charge in [-0.15, -0.1) is 10.2 Å². The Kier molecular flexibility index (Phi) is 6.43. The fourth-order valence-electron chi connectivity index (χ4n) is 2.37. The van der Waals surface area contributed by atoms with Gasteiger partial charge in [0.1, 0.15) is 18.2 Å². The maximum atomic E-state index is 13.9. The number of aromatic nitrogens is 3. The summed E-state index contributed by atoms with van der Waals surface area (Å²) in [5.41, 5.74) is 0.377. The zero-order chi connectivity index (χ0) is 19.1. The minimum absolute atomic E-state index is 0.132. The average Bonchev–Trinajstić information content (AvgIpc) is 3.05. The van der Waals surface area contributed by atoms with Gasteiger partial charge in [0, 0.05) is 7.05 Å². The Balaban J connectivity index is 1.46. The Morgan fingerprint density at radius 3 is 2.67 bits per heavy atom. The first-order valence-corrected chi connectivity index (χ1v) is 9.35. The van der Waals surface area contributed by atoms with Gasteiger partial charge in [0.05, 0.1) is 17.9 Å². The summed E-state index contributed by atoms with van der Waals surface area (Å²) in [5.74, 6) is 0.884. The summed E-state index contributed by atoms with van der Waals surface area (Å²) in [4.78, 5) is 12.0. The first-order chi connectivity index (χ1) is 13.1. The van der Waals surface area contributed by atoms with Crippen LogP contribution in [0.5, 0.6) is 5.75 Å². The zero-order valence-electron chi connectivity index (χ0n) is 14.8. The van der Waals surface area contributed by atoms with Gasteiger partial charge in [-0.3, -0.25) is 4.79 Å². The van der Waals surface area contributed by atoms with E-state index in [1.54, 1.807) is 29.8 Å². The van der Waals surface area contributed by atoms with Crippen molar-refractivity contribution in [2.45, 2.75) is 5.16 Å². The van der Waals surface area contributed by atoms with E-state index in [1.165, 1.54) is 17.8 Å².